The molecule has 0 bridgehead atoms. The third-order valence-corrected chi connectivity index (χ3v) is 1.66. The van der Waals surface area contributed by atoms with E-state index in [1.165, 1.54) is 11.3 Å². The average Bonchev–Trinajstić information content (AvgIpc) is 2.15. The Morgan fingerprint density at radius 2 is 2.62 bits per heavy atom. The molecule has 2 aromatic heterocycles. The highest BCUT2D eigenvalue weighted by atomic mass is 32.1. The lowest BCUT2D eigenvalue weighted by molar-refractivity contribution is 0.424. The molecule has 0 aliphatic carbocycles. The summed E-state index contributed by atoms with van der Waals surface area (Å²) in [6.07, 6.45) is 0. The largest absolute Gasteiger partial charge is 0.336 e. The topological polar surface area (TPSA) is 38.9 Å². The molecular weight excluding hydrogens is 124 g/mol. The van der Waals surface area contributed by atoms with Crippen LogP contribution in [-0.4, -0.2) is 10.4 Å². The Kier molecular flexibility index (Phi) is 0.648. The normalized spacial score (nSPS) is 10.5. The number of hydrogen-bond donors (Lipinski definition) is 0. The van der Waals surface area contributed by atoms with Gasteiger partial charge in [0.15, 0.2) is 10.4 Å². The van der Waals surface area contributed by atoms with Gasteiger partial charge < -0.3 is 4.52 Å². The lowest BCUT2D eigenvalue weighted by Crippen LogP contribution is -1.56. The third kappa shape index (κ3) is 0.376. The highest BCUT2D eigenvalue weighted by molar-refractivity contribution is 7.16. The molecule has 0 atom stereocenters. The second-order valence-corrected chi connectivity index (χ2v) is 2.26. The Morgan fingerprint density at radius 3 is 3.50 bits per heavy atom. The smallest absolute Gasteiger partial charge is 0.198 e. The van der Waals surface area contributed by atoms with Gasteiger partial charge in [0, 0.05) is 5.27 Å². The minimum Gasteiger partial charge on any atom is -0.336 e. The zero-order valence-corrected chi connectivity index (χ0v) is 4.68. The number of aromatic nitrogens is 2. The molecule has 0 N–H and O–H groups in total. The quantitative estimate of drug-likeness (QED) is 0.533. The van der Waals surface area contributed by atoms with Gasteiger partial charge in [0.1, 0.15) is 0 Å². The minimum atomic E-state index is 0.773. The summed E-state index contributed by atoms with van der Waals surface area (Å²) in [5, 5.41) is 8.95. The zero-order chi connectivity index (χ0) is 5.40. The lowest BCUT2D eigenvalue weighted by Gasteiger charge is -1.58. The first-order valence-electron chi connectivity index (χ1n) is 2.12. The molecule has 4 heteroatoms. The summed E-state index contributed by atoms with van der Waals surface area (Å²) in [7, 11) is 0. The first-order chi connectivity index (χ1) is 3.97. The molecule has 0 fully saturated rings. The molecule has 0 unspecified atom stereocenters. The molecule has 40 valence electrons. The van der Waals surface area contributed by atoms with Crippen LogP contribution in [0.25, 0.3) is 10.4 Å². The predicted octanol–water partition coefficient (Wildman–Crippen LogP) is 1.28. The lowest BCUT2D eigenvalue weighted by atomic mass is 10.6. The number of fused-ring (bicyclic) bond motifs is 1. The van der Waals surface area contributed by atoms with Gasteiger partial charge in [-0.25, -0.2) is 0 Å². The predicted molar refractivity (Wildman–Crippen MR) is 29.7 cm³/mol. The van der Waals surface area contributed by atoms with E-state index in [0.29, 0.717) is 0 Å². The van der Waals surface area contributed by atoms with Crippen LogP contribution in [0.5, 0.6) is 0 Å². The van der Waals surface area contributed by atoms with Crippen LogP contribution >= 0.6 is 11.3 Å². The van der Waals surface area contributed by atoms with Crippen molar-refractivity contribution >= 4 is 21.8 Å². The molecule has 2 rings (SSSR count). The van der Waals surface area contributed by atoms with Crippen LogP contribution in [-0.2, 0) is 0 Å². The van der Waals surface area contributed by atoms with Gasteiger partial charge in [-0.15, -0.1) is 16.4 Å². The number of rotatable bonds is 0. The van der Waals surface area contributed by atoms with E-state index in [4.69, 9.17) is 4.52 Å². The molecule has 8 heavy (non-hydrogen) atoms. The number of hydrogen-bond acceptors (Lipinski definition) is 4. The standard InChI is InChI=1S/C4H2N2OS/c1-2-8-4-3(1)7-6-5-4/h1-2H. The summed E-state index contributed by atoms with van der Waals surface area (Å²) in [5.41, 5.74) is 0.773. The first-order valence-corrected chi connectivity index (χ1v) is 3.00. The molecule has 3 nitrogen and oxygen atoms in total. The highest BCUT2D eigenvalue weighted by Crippen LogP contribution is 2.15. The van der Waals surface area contributed by atoms with Gasteiger partial charge in [-0.05, 0) is 11.4 Å². The van der Waals surface area contributed by atoms with E-state index < -0.39 is 0 Å². The van der Waals surface area contributed by atoms with Crippen LogP contribution in [0.3, 0.4) is 0 Å². The van der Waals surface area contributed by atoms with E-state index in [1.54, 1.807) is 0 Å². The Bertz CT molecular complexity index is 235. The van der Waals surface area contributed by atoms with Gasteiger partial charge in [-0.3, -0.25) is 0 Å². The van der Waals surface area contributed by atoms with Crippen LogP contribution < -0.4 is 0 Å². The molecule has 0 aromatic carbocycles. The Labute approximate surface area is 48.9 Å². The monoisotopic (exact) mass is 126 g/mol. The van der Waals surface area contributed by atoms with Crippen molar-refractivity contribution in [3.8, 4) is 0 Å². The Hall–Kier alpha value is -0.900. The van der Waals surface area contributed by atoms with E-state index >= 15 is 0 Å². The average molecular weight is 126 g/mol. The summed E-state index contributed by atoms with van der Waals surface area (Å²) >= 11 is 1.53. The summed E-state index contributed by atoms with van der Waals surface area (Å²) in [6.45, 7) is 0. The zero-order valence-electron chi connectivity index (χ0n) is 3.87. The molecular formula is C4H2N2OS. The SMILES string of the molecule is c1cc2onnc2s1. The van der Waals surface area contributed by atoms with E-state index in [1.807, 2.05) is 11.4 Å². The van der Waals surface area contributed by atoms with Crippen molar-refractivity contribution in [1.29, 1.82) is 0 Å². The van der Waals surface area contributed by atoms with Gasteiger partial charge >= 0.3 is 0 Å². The van der Waals surface area contributed by atoms with Crippen molar-refractivity contribution in [2.75, 3.05) is 0 Å². The summed E-state index contributed by atoms with van der Waals surface area (Å²) in [5.74, 6) is 0. The summed E-state index contributed by atoms with van der Waals surface area (Å²) in [6, 6.07) is 1.85. The summed E-state index contributed by atoms with van der Waals surface area (Å²) < 4.78 is 4.71. The summed E-state index contributed by atoms with van der Waals surface area (Å²) in [4.78, 5) is 0.866. The Balaban J connectivity index is 3.06. The molecule has 0 saturated heterocycles. The van der Waals surface area contributed by atoms with E-state index in [-0.39, 0.29) is 0 Å². The van der Waals surface area contributed by atoms with Crippen molar-refractivity contribution in [2.24, 2.45) is 0 Å². The molecule has 0 aliphatic rings. The van der Waals surface area contributed by atoms with E-state index in [0.717, 1.165) is 10.4 Å². The van der Waals surface area contributed by atoms with Crippen molar-refractivity contribution in [3.05, 3.63) is 11.4 Å². The van der Waals surface area contributed by atoms with Crippen molar-refractivity contribution in [3.63, 3.8) is 0 Å². The fourth-order valence-corrected chi connectivity index (χ4v) is 1.16. The highest BCUT2D eigenvalue weighted by Gasteiger charge is 1.96. The van der Waals surface area contributed by atoms with Gasteiger partial charge in [0.25, 0.3) is 0 Å². The van der Waals surface area contributed by atoms with Crippen LogP contribution in [0.1, 0.15) is 0 Å². The maximum atomic E-state index is 4.71. The van der Waals surface area contributed by atoms with Crippen LogP contribution in [0.15, 0.2) is 16.0 Å². The molecule has 0 saturated carbocycles. The fraction of sp³-hybridized carbons (Fsp3) is 0. The van der Waals surface area contributed by atoms with Gasteiger partial charge in [0.2, 0.25) is 0 Å². The van der Waals surface area contributed by atoms with Crippen molar-refractivity contribution < 1.29 is 4.52 Å². The third-order valence-electron chi connectivity index (χ3n) is 0.881. The van der Waals surface area contributed by atoms with Crippen LogP contribution in [0, 0.1) is 0 Å². The second kappa shape index (κ2) is 1.29. The molecule has 0 spiro atoms. The van der Waals surface area contributed by atoms with E-state index in [9.17, 15) is 0 Å². The number of nitrogens with zero attached hydrogens (tertiary/aromatic N) is 2. The maximum absolute atomic E-state index is 4.71. The minimum absolute atomic E-state index is 0.773. The molecule has 0 radical (unpaired) electrons. The van der Waals surface area contributed by atoms with Crippen LogP contribution in [0.4, 0.5) is 0 Å². The van der Waals surface area contributed by atoms with Crippen molar-refractivity contribution in [1.82, 2.24) is 10.4 Å². The second-order valence-electron chi connectivity index (χ2n) is 1.36. The van der Waals surface area contributed by atoms with Crippen molar-refractivity contribution in [2.45, 2.75) is 0 Å². The first kappa shape index (κ1) is 4.03. The van der Waals surface area contributed by atoms with Crippen LogP contribution in [0.2, 0.25) is 0 Å². The molecule has 2 heterocycles. The van der Waals surface area contributed by atoms with Gasteiger partial charge in [-0.2, -0.15) is 0 Å². The fourth-order valence-electron chi connectivity index (χ4n) is 0.533. The molecule has 2 aromatic rings. The Morgan fingerprint density at radius 1 is 1.62 bits per heavy atom. The number of thiophene rings is 1. The molecule has 0 amide bonds. The van der Waals surface area contributed by atoms with Gasteiger partial charge in [-0.1, -0.05) is 0 Å². The van der Waals surface area contributed by atoms with Gasteiger partial charge in [0.05, 0.1) is 0 Å². The molecule has 0 aliphatic heterocycles. The van der Waals surface area contributed by atoms with E-state index in [2.05, 4.69) is 10.4 Å². The maximum Gasteiger partial charge on any atom is 0.198 e.